The van der Waals surface area contributed by atoms with Crippen LogP contribution < -0.4 is 10.9 Å². The predicted molar refractivity (Wildman–Crippen MR) is 63.2 cm³/mol. The van der Waals surface area contributed by atoms with Crippen molar-refractivity contribution in [3.63, 3.8) is 0 Å². The molecule has 1 aromatic carbocycles. The lowest BCUT2D eigenvalue weighted by Gasteiger charge is -2.13. The van der Waals surface area contributed by atoms with Gasteiger partial charge in [0.2, 0.25) is 0 Å². The third-order valence-electron chi connectivity index (χ3n) is 2.26. The van der Waals surface area contributed by atoms with Crippen molar-refractivity contribution < 1.29 is 8.85 Å². The first-order valence-corrected chi connectivity index (χ1v) is 6.38. The largest absolute Gasteiger partial charge is 0.423 e. The molecule has 2 N–H and O–H groups in total. The molecule has 0 aliphatic rings. The Kier molecular flexibility index (Phi) is 5.56. The summed E-state index contributed by atoms with van der Waals surface area (Å²) < 4.78 is 10.7. The fourth-order valence-corrected chi connectivity index (χ4v) is 2.84. The van der Waals surface area contributed by atoms with Crippen molar-refractivity contribution in [3.8, 4) is 0 Å². The van der Waals surface area contributed by atoms with Crippen molar-refractivity contribution in [2.24, 2.45) is 5.73 Å². The van der Waals surface area contributed by atoms with Gasteiger partial charge >= 0.3 is 9.28 Å². The first-order valence-electron chi connectivity index (χ1n) is 5.06. The Bertz CT molecular complexity index is 290. The fraction of sp³-hybridized carbons (Fsp3) is 0.455. The number of benzene rings is 1. The van der Waals surface area contributed by atoms with E-state index in [9.17, 15) is 0 Å². The number of nitrogens with two attached hydrogens (primary N) is 1. The maximum atomic E-state index is 5.51. The Labute approximate surface area is 93.0 Å². The molecule has 0 fully saturated rings. The van der Waals surface area contributed by atoms with E-state index in [1.807, 2.05) is 12.1 Å². The minimum atomic E-state index is -1.30. The smallest absolute Gasteiger partial charge is 0.393 e. The highest BCUT2D eigenvalue weighted by atomic mass is 28.3. The monoisotopic (exact) mass is 224 g/mol. The molecule has 1 rings (SSSR count). The second-order valence-electron chi connectivity index (χ2n) is 3.25. The molecule has 0 aromatic heterocycles. The van der Waals surface area contributed by atoms with Gasteiger partial charge in [0.05, 0.1) is 0 Å². The van der Waals surface area contributed by atoms with Crippen LogP contribution in [0.5, 0.6) is 0 Å². The zero-order valence-corrected chi connectivity index (χ0v) is 10.3. The summed E-state index contributed by atoms with van der Waals surface area (Å²) in [6.45, 7) is 0.719. The van der Waals surface area contributed by atoms with Crippen LogP contribution in [-0.2, 0) is 15.3 Å². The Balaban J connectivity index is 2.84. The molecule has 0 aliphatic carbocycles. The highest BCUT2D eigenvalue weighted by Gasteiger charge is 2.18. The summed E-state index contributed by atoms with van der Waals surface area (Å²) in [5.74, 6) is 0. The average molecular weight is 224 g/mol. The van der Waals surface area contributed by atoms with E-state index < -0.39 is 9.28 Å². The third-order valence-corrected chi connectivity index (χ3v) is 3.93. The molecule has 0 amide bonds. The SMILES string of the molecule is CO[Si](OC)c1ccccc1CCCN. The average Bonchev–Trinajstić information content (AvgIpc) is 2.29. The molecule has 0 aliphatic heterocycles. The van der Waals surface area contributed by atoms with Crippen LogP contribution in [0.1, 0.15) is 12.0 Å². The second kappa shape index (κ2) is 6.74. The van der Waals surface area contributed by atoms with Crippen molar-refractivity contribution >= 4 is 14.5 Å². The Morgan fingerprint density at radius 1 is 1.20 bits per heavy atom. The lowest BCUT2D eigenvalue weighted by Crippen LogP contribution is -2.37. The lowest BCUT2D eigenvalue weighted by atomic mass is 10.1. The molecule has 83 valence electrons. The predicted octanol–water partition coefficient (Wildman–Crippen LogP) is 0.566. The van der Waals surface area contributed by atoms with Crippen LogP contribution in [0.2, 0.25) is 0 Å². The van der Waals surface area contributed by atoms with Gasteiger partial charge < -0.3 is 14.6 Å². The minimum absolute atomic E-state index is 0.719. The van der Waals surface area contributed by atoms with Gasteiger partial charge in [-0.2, -0.15) is 0 Å². The maximum absolute atomic E-state index is 5.51. The van der Waals surface area contributed by atoms with E-state index >= 15 is 0 Å². The molecule has 0 unspecified atom stereocenters. The summed E-state index contributed by atoms with van der Waals surface area (Å²) in [5, 5.41) is 1.20. The summed E-state index contributed by atoms with van der Waals surface area (Å²) in [5.41, 5.74) is 6.81. The number of hydrogen-bond donors (Lipinski definition) is 1. The highest BCUT2D eigenvalue weighted by molar-refractivity contribution is 6.61. The van der Waals surface area contributed by atoms with E-state index in [-0.39, 0.29) is 0 Å². The molecule has 15 heavy (non-hydrogen) atoms. The molecular weight excluding hydrogens is 206 g/mol. The topological polar surface area (TPSA) is 44.5 Å². The van der Waals surface area contributed by atoms with Crippen molar-refractivity contribution in [3.05, 3.63) is 29.8 Å². The van der Waals surface area contributed by atoms with Gasteiger partial charge in [-0.3, -0.25) is 0 Å². The highest BCUT2D eigenvalue weighted by Crippen LogP contribution is 2.02. The van der Waals surface area contributed by atoms with Crippen LogP contribution in [-0.4, -0.2) is 30.0 Å². The number of hydrogen-bond acceptors (Lipinski definition) is 3. The molecule has 0 heterocycles. The molecule has 0 saturated carbocycles. The molecule has 1 aromatic rings. The first-order chi connectivity index (χ1) is 7.33. The fourth-order valence-electron chi connectivity index (χ4n) is 1.53. The van der Waals surface area contributed by atoms with Gasteiger partial charge in [0.1, 0.15) is 0 Å². The van der Waals surface area contributed by atoms with Gasteiger partial charge in [-0.25, -0.2) is 0 Å². The van der Waals surface area contributed by atoms with Crippen LogP contribution in [0, 0.1) is 0 Å². The Hall–Kier alpha value is -0.683. The molecule has 3 nitrogen and oxygen atoms in total. The van der Waals surface area contributed by atoms with Gasteiger partial charge in [0.25, 0.3) is 0 Å². The quantitative estimate of drug-likeness (QED) is 0.718. The van der Waals surface area contributed by atoms with Crippen LogP contribution in [0.4, 0.5) is 0 Å². The van der Waals surface area contributed by atoms with Gasteiger partial charge in [-0.15, -0.1) is 0 Å². The summed E-state index contributed by atoms with van der Waals surface area (Å²) in [4.78, 5) is 0. The van der Waals surface area contributed by atoms with E-state index in [2.05, 4.69) is 12.1 Å². The summed E-state index contributed by atoms with van der Waals surface area (Å²) in [6.07, 6.45) is 1.99. The standard InChI is InChI=1S/C11H18NO2Si/c1-13-15(14-2)11-8-4-3-6-10(11)7-5-9-12/h3-4,6,8H,5,7,9,12H2,1-2H3. The Morgan fingerprint density at radius 2 is 1.87 bits per heavy atom. The normalized spacial score (nSPS) is 10.9. The van der Waals surface area contributed by atoms with Crippen molar-refractivity contribution in [2.45, 2.75) is 12.8 Å². The zero-order chi connectivity index (χ0) is 11.1. The van der Waals surface area contributed by atoms with Crippen molar-refractivity contribution in [1.82, 2.24) is 0 Å². The summed E-state index contributed by atoms with van der Waals surface area (Å²) >= 11 is 0. The van der Waals surface area contributed by atoms with Gasteiger partial charge in [0.15, 0.2) is 0 Å². The second-order valence-corrected chi connectivity index (χ2v) is 5.18. The van der Waals surface area contributed by atoms with E-state index in [1.54, 1.807) is 14.2 Å². The van der Waals surface area contributed by atoms with Crippen LogP contribution in [0.25, 0.3) is 0 Å². The third kappa shape index (κ3) is 3.42. The minimum Gasteiger partial charge on any atom is -0.393 e. The van der Waals surface area contributed by atoms with Gasteiger partial charge in [-0.1, -0.05) is 24.3 Å². The molecule has 1 radical (unpaired) electrons. The van der Waals surface area contributed by atoms with E-state index in [0.29, 0.717) is 0 Å². The van der Waals surface area contributed by atoms with Crippen LogP contribution >= 0.6 is 0 Å². The number of aryl methyl sites for hydroxylation is 1. The molecule has 0 spiro atoms. The Morgan fingerprint density at radius 3 is 2.47 bits per heavy atom. The zero-order valence-electron chi connectivity index (χ0n) is 9.32. The maximum Gasteiger partial charge on any atom is 0.423 e. The van der Waals surface area contributed by atoms with Crippen molar-refractivity contribution in [2.75, 3.05) is 20.8 Å². The van der Waals surface area contributed by atoms with Gasteiger partial charge in [0, 0.05) is 14.2 Å². The number of rotatable bonds is 6. The molecule has 0 bridgehead atoms. The van der Waals surface area contributed by atoms with E-state index in [0.717, 1.165) is 19.4 Å². The lowest BCUT2D eigenvalue weighted by molar-refractivity contribution is 0.291. The molecule has 4 heteroatoms. The van der Waals surface area contributed by atoms with Crippen LogP contribution in [0.15, 0.2) is 24.3 Å². The first kappa shape index (κ1) is 12.4. The van der Waals surface area contributed by atoms with Gasteiger partial charge in [-0.05, 0) is 30.1 Å². The molecular formula is C11H18NO2Si. The summed E-state index contributed by atoms with van der Waals surface area (Å²) in [6, 6.07) is 8.25. The molecule has 0 atom stereocenters. The molecule has 0 saturated heterocycles. The van der Waals surface area contributed by atoms with Crippen molar-refractivity contribution in [1.29, 1.82) is 0 Å². The van der Waals surface area contributed by atoms with E-state index in [1.165, 1.54) is 10.8 Å². The summed E-state index contributed by atoms with van der Waals surface area (Å²) in [7, 11) is 2.08. The van der Waals surface area contributed by atoms with E-state index in [4.69, 9.17) is 14.6 Å². The van der Waals surface area contributed by atoms with Crippen LogP contribution in [0.3, 0.4) is 0 Å².